The smallest absolute Gasteiger partial charge is 0.162 e. The lowest BCUT2D eigenvalue weighted by Crippen LogP contribution is -2.42. The molecule has 2 aromatic rings. The normalized spacial score (nSPS) is 20.6. The number of hydrogen-bond donors (Lipinski definition) is 0. The molecule has 0 amide bonds. The van der Waals surface area contributed by atoms with Crippen LogP contribution >= 0.6 is 0 Å². The van der Waals surface area contributed by atoms with E-state index in [0.29, 0.717) is 16.9 Å². The maximum atomic E-state index is 11.8. The van der Waals surface area contributed by atoms with E-state index in [1.807, 2.05) is 19.1 Å². The minimum Gasteiger partial charge on any atom is -0.493 e. The number of benzene rings is 1. The Morgan fingerprint density at radius 3 is 2.29 bits per heavy atom. The Bertz CT molecular complexity index is 912. The van der Waals surface area contributed by atoms with E-state index in [1.54, 1.807) is 20.5 Å². The van der Waals surface area contributed by atoms with Crippen molar-refractivity contribution in [1.29, 1.82) is 0 Å². The molecule has 0 aliphatic carbocycles. The molecule has 0 bridgehead atoms. The lowest BCUT2D eigenvalue weighted by Gasteiger charge is -2.40. The molecular weight excluding hydrogens is 376 g/mol. The highest BCUT2D eigenvalue weighted by Gasteiger charge is 2.42. The molecule has 0 saturated carbocycles. The van der Waals surface area contributed by atoms with E-state index < -0.39 is 11.0 Å². The van der Waals surface area contributed by atoms with Crippen molar-refractivity contribution < 1.29 is 13.7 Å². The first-order chi connectivity index (χ1) is 13.4. The average Bonchev–Trinajstić information content (AvgIpc) is 3.11. The molecule has 2 aliphatic heterocycles. The minimum atomic E-state index is -0.869. The number of aromatic nitrogens is 2. The molecule has 0 radical (unpaired) electrons. The van der Waals surface area contributed by atoms with E-state index >= 15 is 0 Å². The van der Waals surface area contributed by atoms with Gasteiger partial charge >= 0.3 is 0 Å². The van der Waals surface area contributed by atoms with Gasteiger partial charge in [0.1, 0.15) is 11.6 Å². The molecule has 0 N–H and O–H groups in total. The number of methoxy groups -OCH3 is 2. The Hall–Kier alpha value is -1.93. The standard InChI is InChI=1S/C20H28N4O3S/c1-14-21-16-12-18(27-3)17(26-2)11-15(16)19(22-14)23-8-5-20(6-9-23)7-10-24(13-20)28(4)25/h11-12H,5-10,13H2,1-4H3. The third-order valence-electron chi connectivity index (χ3n) is 6.18. The number of aryl methyl sites for hydroxylation is 1. The predicted molar refractivity (Wildman–Crippen MR) is 112 cm³/mol. The summed E-state index contributed by atoms with van der Waals surface area (Å²) in [5.74, 6) is 3.08. The van der Waals surface area contributed by atoms with Crippen LogP contribution in [0.2, 0.25) is 0 Å². The summed E-state index contributed by atoms with van der Waals surface area (Å²) in [5, 5.41) is 0.988. The number of ether oxygens (including phenoxy) is 2. The van der Waals surface area contributed by atoms with Crippen molar-refractivity contribution in [3.8, 4) is 11.5 Å². The van der Waals surface area contributed by atoms with Gasteiger partial charge in [-0.1, -0.05) is 0 Å². The fourth-order valence-electron chi connectivity index (χ4n) is 4.51. The van der Waals surface area contributed by atoms with Gasteiger partial charge in [0.25, 0.3) is 0 Å². The van der Waals surface area contributed by atoms with E-state index in [1.165, 1.54) is 0 Å². The van der Waals surface area contributed by atoms with Crippen LogP contribution in [0.15, 0.2) is 12.1 Å². The monoisotopic (exact) mass is 404 g/mol. The van der Waals surface area contributed by atoms with Crippen molar-refractivity contribution in [3.05, 3.63) is 18.0 Å². The van der Waals surface area contributed by atoms with Gasteiger partial charge in [0.05, 0.1) is 30.7 Å². The second-order valence-corrected chi connectivity index (χ2v) is 9.21. The molecule has 1 aromatic carbocycles. The van der Waals surface area contributed by atoms with E-state index in [0.717, 1.165) is 68.0 Å². The highest BCUT2D eigenvalue weighted by molar-refractivity contribution is 7.81. The fraction of sp³-hybridized carbons (Fsp3) is 0.600. The van der Waals surface area contributed by atoms with Crippen LogP contribution < -0.4 is 14.4 Å². The maximum absolute atomic E-state index is 11.8. The van der Waals surface area contributed by atoms with Crippen LogP contribution in [0.1, 0.15) is 25.1 Å². The summed E-state index contributed by atoms with van der Waals surface area (Å²) in [6.45, 7) is 5.71. The molecule has 28 heavy (non-hydrogen) atoms. The summed E-state index contributed by atoms with van der Waals surface area (Å²) in [6, 6.07) is 3.90. The Balaban J connectivity index is 1.62. The highest BCUT2D eigenvalue weighted by atomic mass is 32.2. The van der Waals surface area contributed by atoms with Crippen molar-refractivity contribution >= 4 is 27.7 Å². The van der Waals surface area contributed by atoms with Crippen molar-refractivity contribution in [1.82, 2.24) is 14.3 Å². The lowest BCUT2D eigenvalue weighted by atomic mass is 9.78. The van der Waals surface area contributed by atoms with E-state index in [2.05, 4.69) is 14.2 Å². The SMILES string of the molecule is COc1cc2nc(C)nc(N3CCC4(CC3)CCN(S(C)=O)C4)c2cc1OC. The van der Waals surface area contributed by atoms with E-state index in [4.69, 9.17) is 14.5 Å². The fourth-order valence-corrected chi connectivity index (χ4v) is 5.31. The molecule has 1 aromatic heterocycles. The zero-order valence-electron chi connectivity index (χ0n) is 17.0. The van der Waals surface area contributed by atoms with E-state index in [-0.39, 0.29) is 0 Å². The van der Waals surface area contributed by atoms with Gasteiger partial charge in [-0.3, -0.25) is 0 Å². The number of rotatable bonds is 4. The summed E-state index contributed by atoms with van der Waals surface area (Å²) in [4.78, 5) is 11.7. The van der Waals surface area contributed by atoms with Gasteiger partial charge in [-0.05, 0) is 37.7 Å². The highest BCUT2D eigenvalue weighted by Crippen LogP contribution is 2.43. The number of hydrogen-bond acceptors (Lipinski definition) is 6. The molecule has 1 atom stereocenters. The molecular formula is C20H28N4O3S. The summed E-state index contributed by atoms with van der Waals surface area (Å²) in [5.41, 5.74) is 1.16. The van der Waals surface area contributed by atoms with Gasteiger partial charge in [0.15, 0.2) is 11.5 Å². The summed E-state index contributed by atoms with van der Waals surface area (Å²) in [7, 11) is 2.41. The third-order valence-corrected chi connectivity index (χ3v) is 7.22. The Morgan fingerprint density at radius 2 is 1.68 bits per heavy atom. The lowest BCUT2D eigenvalue weighted by molar-refractivity contribution is 0.236. The molecule has 2 fully saturated rings. The largest absolute Gasteiger partial charge is 0.493 e. The molecule has 152 valence electrons. The van der Waals surface area contributed by atoms with Gasteiger partial charge in [0, 0.05) is 43.9 Å². The molecule has 1 spiro atoms. The van der Waals surface area contributed by atoms with Crippen LogP contribution in [-0.2, 0) is 11.0 Å². The van der Waals surface area contributed by atoms with E-state index in [9.17, 15) is 4.21 Å². The second-order valence-electron chi connectivity index (χ2n) is 7.84. The minimum absolute atomic E-state index is 0.293. The predicted octanol–water partition coefficient (Wildman–Crippen LogP) is 2.54. The molecule has 2 aliphatic rings. The first-order valence-corrected chi connectivity index (χ1v) is 11.2. The van der Waals surface area contributed by atoms with Crippen molar-refractivity contribution in [3.63, 3.8) is 0 Å². The van der Waals surface area contributed by atoms with Gasteiger partial charge < -0.3 is 14.4 Å². The van der Waals surface area contributed by atoms with Gasteiger partial charge in [-0.2, -0.15) is 0 Å². The molecule has 1 unspecified atom stereocenters. The van der Waals surface area contributed by atoms with Crippen LogP contribution in [0.4, 0.5) is 5.82 Å². The molecule has 4 rings (SSSR count). The quantitative estimate of drug-likeness (QED) is 0.780. The summed E-state index contributed by atoms with van der Waals surface area (Å²) in [6.07, 6.45) is 5.11. The van der Waals surface area contributed by atoms with Crippen LogP contribution in [0, 0.1) is 12.3 Å². The first kappa shape index (κ1) is 19.4. The van der Waals surface area contributed by atoms with Gasteiger partial charge in [0.2, 0.25) is 0 Å². The van der Waals surface area contributed by atoms with Crippen LogP contribution in [-0.4, -0.2) is 65.1 Å². The number of nitrogens with zero attached hydrogens (tertiary/aromatic N) is 4. The topological polar surface area (TPSA) is 67.8 Å². The summed E-state index contributed by atoms with van der Waals surface area (Å²) >= 11 is 0. The molecule has 7 nitrogen and oxygen atoms in total. The van der Waals surface area contributed by atoms with Crippen molar-refractivity contribution in [2.24, 2.45) is 5.41 Å². The van der Waals surface area contributed by atoms with Crippen LogP contribution in [0.3, 0.4) is 0 Å². The Labute approximate surface area is 168 Å². The zero-order chi connectivity index (χ0) is 19.9. The van der Waals surface area contributed by atoms with Gasteiger partial charge in [-0.15, -0.1) is 0 Å². The summed E-state index contributed by atoms with van der Waals surface area (Å²) < 4.78 is 24.9. The third kappa shape index (κ3) is 3.43. The van der Waals surface area contributed by atoms with Gasteiger partial charge in [-0.25, -0.2) is 18.5 Å². The van der Waals surface area contributed by atoms with Crippen molar-refractivity contribution in [2.75, 3.05) is 51.6 Å². The maximum Gasteiger partial charge on any atom is 0.162 e. The first-order valence-electron chi connectivity index (χ1n) is 9.68. The zero-order valence-corrected chi connectivity index (χ0v) is 17.8. The number of anilines is 1. The average molecular weight is 405 g/mol. The number of fused-ring (bicyclic) bond motifs is 1. The van der Waals surface area contributed by atoms with Crippen LogP contribution in [0.25, 0.3) is 10.9 Å². The van der Waals surface area contributed by atoms with Crippen molar-refractivity contribution in [2.45, 2.75) is 26.2 Å². The molecule has 8 heteroatoms. The van der Waals surface area contributed by atoms with Crippen LogP contribution in [0.5, 0.6) is 11.5 Å². The Kier molecular flexibility index (Phi) is 5.18. The number of piperidine rings is 1. The second kappa shape index (κ2) is 7.48. The molecule has 3 heterocycles. The Morgan fingerprint density at radius 1 is 1.04 bits per heavy atom. The molecule has 2 saturated heterocycles.